The van der Waals surface area contributed by atoms with Crippen LogP contribution in [0.2, 0.25) is 0 Å². The first-order chi connectivity index (χ1) is 10.5. The lowest BCUT2D eigenvalue weighted by Gasteiger charge is -2.24. The fourth-order valence-corrected chi connectivity index (χ4v) is 4.81. The van der Waals surface area contributed by atoms with Gasteiger partial charge in [0.25, 0.3) is 0 Å². The van der Waals surface area contributed by atoms with Gasteiger partial charge < -0.3 is 0 Å². The summed E-state index contributed by atoms with van der Waals surface area (Å²) in [7, 11) is -3.44. The molecule has 0 spiro atoms. The minimum atomic E-state index is -3.44. The van der Waals surface area contributed by atoms with Gasteiger partial charge in [-0.25, -0.2) is 8.42 Å². The van der Waals surface area contributed by atoms with Crippen LogP contribution in [0.4, 0.5) is 0 Å². The maximum atomic E-state index is 13.0. The zero-order valence-corrected chi connectivity index (χ0v) is 13.8. The van der Waals surface area contributed by atoms with E-state index in [2.05, 4.69) is 0 Å². The molecule has 3 nitrogen and oxygen atoms in total. The van der Waals surface area contributed by atoms with Gasteiger partial charge in [0.15, 0.2) is 0 Å². The lowest BCUT2D eigenvalue weighted by Crippen LogP contribution is -2.30. The van der Waals surface area contributed by atoms with Crippen LogP contribution in [-0.2, 0) is 10.0 Å². The van der Waals surface area contributed by atoms with Crippen LogP contribution in [-0.4, -0.2) is 19.3 Å². The number of hydrogen-bond acceptors (Lipinski definition) is 2. The van der Waals surface area contributed by atoms with Gasteiger partial charge in [-0.2, -0.15) is 4.31 Å². The standard InChI is InChI=1S/C18H21NO2S/c1-14-10-11-17(13-15(14)2)22(20,21)19-12-6-9-18(19)16-7-4-3-5-8-16/h3-5,7-8,10-11,13,18H,6,9,12H2,1-2H3/t18-/m0/s1. The summed E-state index contributed by atoms with van der Waals surface area (Å²) in [5.74, 6) is 0. The van der Waals surface area contributed by atoms with Crippen LogP contribution >= 0.6 is 0 Å². The summed E-state index contributed by atoms with van der Waals surface area (Å²) in [4.78, 5) is 0.401. The van der Waals surface area contributed by atoms with Crippen molar-refractivity contribution in [2.75, 3.05) is 6.54 Å². The molecule has 1 aliphatic heterocycles. The first-order valence-corrected chi connectivity index (χ1v) is 9.08. The van der Waals surface area contributed by atoms with E-state index in [1.165, 1.54) is 0 Å². The largest absolute Gasteiger partial charge is 0.243 e. The van der Waals surface area contributed by atoms with Gasteiger partial charge >= 0.3 is 0 Å². The van der Waals surface area contributed by atoms with Crippen molar-refractivity contribution in [2.24, 2.45) is 0 Å². The third kappa shape index (κ3) is 2.69. The maximum Gasteiger partial charge on any atom is 0.243 e. The van der Waals surface area contributed by atoms with E-state index >= 15 is 0 Å². The minimum absolute atomic E-state index is 0.0483. The molecule has 0 amide bonds. The summed E-state index contributed by atoms with van der Waals surface area (Å²) >= 11 is 0. The van der Waals surface area contributed by atoms with Crippen molar-refractivity contribution in [2.45, 2.75) is 37.6 Å². The summed E-state index contributed by atoms with van der Waals surface area (Å²) < 4.78 is 27.7. The molecule has 1 fully saturated rings. The predicted molar refractivity (Wildman–Crippen MR) is 88.2 cm³/mol. The van der Waals surface area contributed by atoms with Gasteiger partial charge in [0, 0.05) is 6.54 Å². The molecule has 1 saturated heterocycles. The molecule has 2 aromatic rings. The average Bonchev–Trinajstić information content (AvgIpc) is 3.01. The van der Waals surface area contributed by atoms with Gasteiger partial charge in [0.2, 0.25) is 10.0 Å². The second kappa shape index (κ2) is 5.86. The summed E-state index contributed by atoms with van der Waals surface area (Å²) in [6.45, 7) is 4.54. The molecule has 1 heterocycles. The molecule has 22 heavy (non-hydrogen) atoms. The molecular formula is C18H21NO2S. The fourth-order valence-electron chi connectivity index (χ4n) is 3.05. The Labute approximate surface area is 132 Å². The molecule has 4 heteroatoms. The number of rotatable bonds is 3. The van der Waals surface area contributed by atoms with Crippen molar-refractivity contribution in [3.8, 4) is 0 Å². The van der Waals surface area contributed by atoms with E-state index in [1.54, 1.807) is 16.4 Å². The lowest BCUT2D eigenvalue weighted by atomic mass is 10.1. The molecule has 1 atom stereocenters. The van der Waals surface area contributed by atoms with Crippen LogP contribution in [0.5, 0.6) is 0 Å². The van der Waals surface area contributed by atoms with Crippen LogP contribution in [0.25, 0.3) is 0 Å². The zero-order valence-electron chi connectivity index (χ0n) is 13.0. The number of nitrogens with zero attached hydrogens (tertiary/aromatic N) is 1. The van der Waals surface area contributed by atoms with Gasteiger partial charge in [-0.15, -0.1) is 0 Å². The third-order valence-corrected chi connectivity index (χ3v) is 6.38. The zero-order chi connectivity index (χ0) is 15.7. The maximum absolute atomic E-state index is 13.0. The Morgan fingerprint density at radius 1 is 1.00 bits per heavy atom. The van der Waals surface area contributed by atoms with E-state index in [-0.39, 0.29) is 6.04 Å². The summed E-state index contributed by atoms with van der Waals surface area (Å²) in [5.41, 5.74) is 3.20. The third-order valence-electron chi connectivity index (χ3n) is 4.47. The highest BCUT2D eigenvalue weighted by molar-refractivity contribution is 7.89. The average molecular weight is 315 g/mol. The Morgan fingerprint density at radius 3 is 2.41 bits per heavy atom. The van der Waals surface area contributed by atoms with Crippen molar-refractivity contribution in [1.29, 1.82) is 0 Å². The van der Waals surface area contributed by atoms with E-state index in [9.17, 15) is 8.42 Å². The van der Waals surface area contributed by atoms with Crippen molar-refractivity contribution >= 4 is 10.0 Å². The normalized spacial score (nSPS) is 19.5. The van der Waals surface area contributed by atoms with E-state index in [1.807, 2.05) is 50.2 Å². The lowest BCUT2D eigenvalue weighted by molar-refractivity contribution is 0.396. The Balaban J connectivity index is 1.99. The van der Waals surface area contributed by atoms with E-state index in [0.29, 0.717) is 11.4 Å². The highest BCUT2D eigenvalue weighted by atomic mass is 32.2. The molecule has 3 rings (SSSR count). The molecule has 0 unspecified atom stereocenters. The Morgan fingerprint density at radius 2 is 1.73 bits per heavy atom. The summed E-state index contributed by atoms with van der Waals surface area (Å²) in [6, 6.07) is 15.3. The van der Waals surface area contributed by atoms with Crippen molar-refractivity contribution in [1.82, 2.24) is 4.31 Å². The van der Waals surface area contributed by atoms with Crippen molar-refractivity contribution in [3.05, 3.63) is 65.2 Å². The molecule has 1 aliphatic rings. The molecule has 0 aromatic heterocycles. The monoisotopic (exact) mass is 315 g/mol. The first-order valence-electron chi connectivity index (χ1n) is 7.64. The Kier molecular flexibility index (Phi) is 4.06. The van der Waals surface area contributed by atoms with Gasteiger partial charge in [0.1, 0.15) is 0 Å². The smallest absolute Gasteiger partial charge is 0.207 e. The van der Waals surface area contributed by atoms with Gasteiger partial charge in [-0.3, -0.25) is 0 Å². The SMILES string of the molecule is Cc1ccc(S(=O)(=O)N2CCC[C@H]2c2ccccc2)cc1C. The van der Waals surface area contributed by atoms with Crippen molar-refractivity contribution < 1.29 is 8.42 Å². The van der Waals surface area contributed by atoms with Crippen LogP contribution in [0.15, 0.2) is 53.4 Å². The van der Waals surface area contributed by atoms with E-state index < -0.39 is 10.0 Å². The highest BCUT2D eigenvalue weighted by Crippen LogP contribution is 2.36. The molecule has 2 aromatic carbocycles. The summed E-state index contributed by atoms with van der Waals surface area (Å²) in [5, 5.41) is 0. The first kappa shape index (κ1) is 15.3. The molecule has 0 aliphatic carbocycles. The van der Waals surface area contributed by atoms with Gasteiger partial charge in [-0.05, 0) is 55.5 Å². The number of sulfonamides is 1. The van der Waals surface area contributed by atoms with Crippen LogP contribution in [0.1, 0.15) is 35.6 Å². The molecule has 0 radical (unpaired) electrons. The number of hydrogen-bond donors (Lipinski definition) is 0. The van der Waals surface area contributed by atoms with E-state index in [4.69, 9.17) is 0 Å². The minimum Gasteiger partial charge on any atom is -0.207 e. The van der Waals surface area contributed by atoms with Crippen molar-refractivity contribution in [3.63, 3.8) is 0 Å². The Bertz CT molecular complexity index is 769. The van der Waals surface area contributed by atoms with E-state index in [0.717, 1.165) is 29.5 Å². The molecular weight excluding hydrogens is 294 g/mol. The predicted octanol–water partition coefficient (Wildman–Crippen LogP) is 3.83. The van der Waals surface area contributed by atoms with Crippen LogP contribution < -0.4 is 0 Å². The molecule has 0 saturated carbocycles. The highest BCUT2D eigenvalue weighted by Gasteiger charge is 2.36. The topological polar surface area (TPSA) is 37.4 Å². The van der Waals surface area contributed by atoms with Crippen LogP contribution in [0, 0.1) is 13.8 Å². The quantitative estimate of drug-likeness (QED) is 0.863. The number of benzene rings is 2. The Hall–Kier alpha value is -1.65. The van der Waals surface area contributed by atoms with Crippen LogP contribution in [0.3, 0.4) is 0 Å². The molecule has 0 bridgehead atoms. The molecule has 116 valence electrons. The van der Waals surface area contributed by atoms with Gasteiger partial charge in [-0.1, -0.05) is 36.4 Å². The molecule has 0 N–H and O–H groups in total. The second-order valence-corrected chi connectivity index (χ2v) is 7.82. The fraction of sp³-hybridized carbons (Fsp3) is 0.333. The second-order valence-electron chi connectivity index (χ2n) is 5.93. The van der Waals surface area contributed by atoms with Gasteiger partial charge in [0.05, 0.1) is 10.9 Å². The number of aryl methyl sites for hydroxylation is 2. The summed E-state index contributed by atoms with van der Waals surface area (Å²) in [6.07, 6.45) is 1.79.